The van der Waals surface area contributed by atoms with Crippen molar-refractivity contribution in [2.45, 2.75) is 19.9 Å². The standard InChI is InChI=1S/C19H27N5O.HI/c1-3-20-19(23(2)14-17-9-12-25-15-17)21-13-16-5-7-18(8-6-16)24-11-4-10-22-24;/h4-8,10-11,17H,3,9,12-15H2,1-2H3,(H,20,21);1H. The van der Waals surface area contributed by atoms with Crippen LogP contribution in [-0.4, -0.2) is 54.0 Å². The van der Waals surface area contributed by atoms with Gasteiger partial charge in [0.15, 0.2) is 5.96 Å². The fraction of sp³-hybridized carbons (Fsp3) is 0.474. The number of guanidine groups is 1. The van der Waals surface area contributed by atoms with Crippen molar-refractivity contribution in [1.82, 2.24) is 20.0 Å². The lowest BCUT2D eigenvalue weighted by Crippen LogP contribution is -2.41. The van der Waals surface area contributed by atoms with Crippen LogP contribution in [0.1, 0.15) is 18.9 Å². The molecule has 7 heteroatoms. The topological polar surface area (TPSA) is 54.7 Å². The number of benzene rings is 1. The molecule has 0 spiro atoms. The highest BCUT2D eigenvalue weighted by Gasteiger charge is 2.18. The average molecular weight is 469 g/mol. The summed E-state index contributed by atoms with van der Waals surface area (Å²) in [5, 5.41) is 7.63. The van der Waals surface area contributed by atoms with E-state index in [1.165, 1.54) is 5.56 Å². The lowest BCUT2D eigenvalue weighted by Gasteiger charge is -2.24. The third kappa shape index (κ3) is 5.70. The highest BCUT2D eigenvalue weighted by Crippen LogP contribution is 2.14. The first-order valence-corrected chi connectivity index (χ1v) is 8.92. The van der Waals surface area contributed by atoms with Gasteiger partial charge < -0.3 is 15.0 Å². The van der Waals surface area contributed by atoms with Crippen LogP contribution in [0.4, 0.5) is 0 Å². The summed E-state index contributed by atoms with van der Waals surface area (Å²) in [6.45, 7) is 6.34. The van der Waals surface area contributed by atoms with Crippen LogP contribution < -0.4 is 5.32 Å². The van der Waals surface area contributed by atoms with Crippen molar-refractivity contribution in [3.63, 3.8) is 0 Å². The predicted molar refractivity (Wildman–Crippen MR) is 115 cm³/mol. The van der Waals surface area contributed by atoms with Gasteiger partial charge >= 0.3 is 0 Å². The van der Waals surface area contributed by atoms with Crippen LogP contribution in [0.5, 0.6) is 0 Å². The third-order valence-electron chi connectivity index (χ3n) is 4.37. The molecule has 1 fully saturated rings. The van der Waals surface area contributed by atoms with E-state index in [0.29, 0.717) is 12.5 Å². The summed E-state index contributed by atoms with van der Waals surface area (Å²) in [5.74, 6) is 1.55. The summed E-state index contributed by atoms with van der Waals surface area (Å²) >= 11 is 0. The van der Waals surface area contributed by atoms with Crippen LogP contribution >= 0.6 is 24.0 Å². The van der Waals surface area contributed by atoms with E-state index in [9.17, 15) is 0 Å². The molecule has 6 nitrogen and oxygen atoms in total. The zero-order valence-corrected chi connectivity index (χ0v) is 17.8. The Morgan fingerprint density at radius 2 is 2.19 bits per heavy atom. The minimum atomic E-state index is 0. The van der Waals surface area contributed by atoms with E-state index in [0.717, 1.165) is 44.4 Å². The summed E-state index contributed by atoms with van der Waals surface area (Å²) in [5.41, 5.74) is 2.24. The van der Waals surface area contributed by atoms with Gasteiger partial charge in [-0.1, -0.05) is 12.1 Å². The molecule has 26 heavy (non-hydrogen) atoms. The number of aromatic nitrogens is 2. The van der Waals surface area contributed by atoms with Gasteiger partial charge in [-0.3, -0.25) is 0 Å². The smallest absolute Gasteiger partial charge is 0.193 e. The molecule has 1 atom stereocenters. The number of aliphatic imine (C=N–C) groups is 1. The molecule has 2 heterocycles. The Hall–Kier alpha value is -1.61. The second-order valence-corrected chi connectivity index (χ2v) is 6.40. The summed E-state index contributed by atoms with van der Waals surface area (Å²) in [6.07, 6.45) is 4.86. The van der Waals surface area contributed by atoms with Gasteiger partial charge in [0.2, 0.25) is 0 Å². The SMILES string of the molecule is CCNC(=NCc1ccc(-n2cccn2)cc1)N(C)CC1CCOC1.I. The van der Waals surface area contributed by atoms with Crippen LogP contribution in [0.2, 0.25) is 0 Å². The zero-order chi connectivity index (χ0) is 17.5. The molecule has 1 N–H and O–H groups in total. The number of nitrogens with one attached hydrogen (secondary N) is 1. The Kier molecular flexibility index (Phi) is 8.37. The summed E-state index contributed by atoms with van der Waals surface area (Å²) in [4.78, 5) is 7.00. The predicted octanol–water partition coefficient (Wildman–Crippen LogP) is 2.92. The van der Waals surface area contributed by atoms with Crippen molar-refractivity contribution >= 4 is 29.9 Å². The fourth-order valence-electron chi connectivity index (χ4n) is 3.01. The van der Waals surface area contributed by atoms with Gasteiger partial charge in [-0.15, -0.1) is 24.0 Å². The lowest BCUT2D eigenvalue weighted by atomic mass is 10.1. The van der Waals surface area contributed by atoms with Gasteiger partial charge in [0.1, 0.15) is 0 Å². The maximum Gasteiger partial charge on any atom is 0.193 e. The number of nitrogens with zero attached hydrogens (tertiary/aromatic N) is 4. The third-order valence-corrected chi connectivity index (χ3v) is 4.37. The minimum Gasteiger partial charge on any atom is -0.381 e. The van der Waals surface area contributed by atoms with Crippen molar-refractivity contribution < 1.29 is 4.74 Å². The van der Waals surface area contributed by atoms with Gasteiger partial charge in [0.05, 0.1) is 18.8 Å². The Balaban J connectivity index is 0.00000243. The van der Waals surface area contributed by atoms with E-state index in [-0.39, 0.29) is 24.0 Å². The number of rotatable bonds is 6. The van der Waals surface area contributed by atoms with Crippen LogP contribution in [0.15, 0.2) is 47.7 Å². The van der Waals surface area contributed by atoms with Crippen LogP contribution in [0.3, 0.4) is 0 Å². The monoisotopic (exact) mass is 469 g/mol. The number of hydrogen-bond acceptors (Lipinski definition) is 3. The van der Waals surface area contributed by atoms with Crippen LogP contribution in [-0.2, 0) is 11.3 Å². The second kappa shape index (κ2) is 10.5. The Morgan fingerprint density at radius 1 is 1.38 bits per heavy atom. The van der Waals surface area contributed by atoms with Gasteiger partial charge in [0.25, 0.3) is 0 Å². The summed E-state index contributed by atoms with van der Waals surface area (Å²) < 4.78 is 7.33. The first kappa shape index (κ1) is 20.7. The summed E-state index contributed by atoms with van der Waals surface area (Å²) in [6, 6.07) is 10.3. The normalized spacial score (nSPS) is 17.0. The highest BCUT2D eigenvalue weighted by molar-refractivity contribution is 14.0. The van der Waals surface area contributed by atoms with Gasteiger partial charge in [-0.05, 0) is 37.1 Å². The molecule has 1 aromatic heterocycles. The number of hydrogen-bond donors (Lipinski definition) is 1. The molecule has 0 bridgehead atoms. The lowest BCUT2D eigenvalue weighted by molar-refractivity contribution is 0.181. The quantitative estimate of drug-likeness (QED) is 0.402. The minimum absolute atomic E-state index is 0. The van der Waals surface area contributed by atoms with E-state index in [1.807, 2.05) is 16.9 Å². The first-order chi connectivity index (χ1) is 12.3. The van der Waals surface area contributed by atoms with Gasteiger partial charge in [-0.2, -0.15) is 5.10 Å². The average Bonchev–Trinajstić information content (AvgIpc) is 3.33. The Bertz CT molecular complexity index is 666. The van der Waals surface area contributed by atoms with Crippen molar-refractivity contribution in [3.8, 4) is 5.69 Å². The molecule has 142 valence electrons. The summed E-state index contributed by atoms with van der Waals surface area (Å²) in [7, 11) is 2.10. The van der Waals surface area contributed by atoms with Gasteiger partial charge in [-0.25, -0.2) is 9.67 Å². The van der Waals surface area contributed by atoms with E-state index < -0.39 is 0 Å². The Labute approximate surface area is 172 Å². The van der Waals surface area contributed by atoms with E-state index in [1.54, 1.807) is 6.20 Å². The fourth-order valence-corrected chi connectivity index (χ4v) is 3.01. The molecule has 1 aliphatic heterocycles. The largest absolute Gasteiger partial charge is 0.381 e. The van der Waals surface area contributed by atoms with Crippen LogP contribution in [0, 0.1) is 5.92 Å². The molecule has 1 aromatic carbocycles. The van der Waals surface area contributed by atoms with Crippen molar-refractivity contribution in [3.05, 3.63) is 48.3 Å². The first-order valence-electron chi connectivity index (χ1n) is 8.92. The molecule has 1 aliphatic rings. The maximum absolute atomic E-state index is 5.47. The molecule has 1 saturated heterocycles. The molecular weight excluding hydrogens is 441 g/mol. The van der Waals surface area contributed by atoms with Crippen LogP contribution in [0.25, 0.3) is 5.69 Å². The maximum atomic E-state index is 5.47. The van der Waals surface area contributed by atoms with E-state index in [4.69, 9.17) is 9.73 Å². The number of halogens is 1. The molecule has 0 amide bonds. The molecule has 1 unspecified atom stereocenters. The highest BCUT2D eigenvalue weighted by atomic mass is 127. The van der Waals surface area contributed by atoms with Crippen molar-refractivity contribution in [2.75, 3.05) is 33.4 Å². The zero-order valence-electron chi connectivity index (χ0n) is 15.5. The molecule has 0 radical (unpaired) electrons. The number of ether oxygens (including phenoxy) is 1. The molecular formula is C19H28IN5O. The van der Waals surface area contributed by atoms with Crippen molar-refractivity contribution in [1.29, 1.82) is 0 Å². The molecule has 2 aromatic rings. The molecule has 0 aliphatic carbocycles. The van der Waals surface area contributed by atoms with E-state index >= 15 is 0 Å². The Morgan fingerprint density at radius 3 is 2.81 bits per heavy atom. The molecule has 0 saturated carbocycles. The second-order valence-electron chi connectivity index (χ2n) is 6.40. The van der Waals surface area contributed by atoms with E-state index in [2.05, 4.69) is 53.6 Å². The van der Waals surface area contributed by atoms with Crippen molar-refractivity contribution in [2.24, 2.45) is 10.9 Å². The van der Waals surface area contributed by atoms with Gasteiger partial charge in [0, 0.05) is 45.1 Å². The molecule has 3 rings (SSSR count).